The summed E-state index contributed by atoms with van der Waals surface area (Å²) in [5.41, 5.74) is 7.18. The molecule has 0 unspecified atom stereocenters. The van der Waals surface area contributed by atoms with E-state index in [0.717, 1.165) is 5.56 Å². The van der Waals surface area contributed by atoms with Crippen LogP contribution in [0.4, 0.5) is 5.69 Å². The minimum absolute atomic E-state index is 0.165. The summed E-state index contributed by atoms with van der Waals surface area (Å²) < 4.78 is 10.5. The average Bonchev–Trinajstić information content (AvgIpc) is 2.46. The quantitative estimate of drug-likeness (QED) is 0.859. The summed E-state index contributed by atoms with van der Waals surface area (Å²) in [5.74, 6) is -0.300. The predicted molar refractivity (Wildman–Crippen MR) is 80.4 cm³/mol. The molecule has 1 aromatic carbocycles. The van der Waals surface area contributed by atoms with Crippen LogP contribution in [0.3, 0.4) is 0 Å². The molecule has 0 aliphatic rings. The van der Waals surface area contributed by atoms with Gasteiger partial charge in [-0.3, -0.25) is 0 Å². The molecule has 0 radical (unpaired) electrons. The van der Waals surface area contributed by atoms with Gasteiger partial charge in [-0.05, 0) is 30.7 Å². The van der Waals surface area contributed by atoms with Gasteiger partial charge in [-0.2, -0.15) is 0 Å². The molecule has 0 aliphatic heterocycles. The maximum Gasteiger partial charge on any atom is 0.340 e. The maximum atomic E-state index is 11.7. The van der Waals surface area contributed by atoms with Gasteiger partial charge >= 0.3 is 5.97 Å². The maximum absolute atomic E-state index is 11.7. The van der Waals surface area contributed by atoms with Crippen LogP contribution in [0.15, 0.2) is 36.5 Å². The molecule has 0 amide bonds. The first-order chi connectivity index (χ1) is 10.1. The number of nitrogens with zero attached hydrogens (tertiary/aromatic N) is 1. The Bertz CT molecular complexity index is 647. The molecule has 0 aliphatic carbocycles. The second-order valence-corrected chi connectivity index (χ2v) is 4.65. The molecule has 2 aromatic rings. The monoisotopic (exact) mass is 306 g/mol. The number of anilines is 1. The topological polar surface area (TPSA) is 74.4 Å². The van der Waals surface area contributed by atoms with Gasteiger partial charge in [-0.1, -0.05) is 23.7 Å². The second kappa shape index (κ2) is 6.95. The number of carbonyl (C=O) groups is 1. The van der Waals surface area contributed by atoms with E-state index in [1.165, 1.54) is 12.3 Å². The van der Waals surface area contributed by atoms with E-state index in [2.05, 4.69) is 4.98 Å². The largest absolute Gasteiger partial charge is 0.471 e. The smallest absolute Gasteiger partial charge is 0.340 e. The second-order valence-electron chi connectivity index (χ2n) is 4.22. The zero-order chi connectivity index (χ0) is 15.2. The van der Waals surface area contributed by atoms with Crippen molar-refractivity contribution in [3.8, 4) is 5.88 Å². The fourth-order valence-electron chi connectivity index (χ4n) is 1.73. The minimum atomic E-state index is -0.495. The highest BCUT2D eigenvalue weighted by Crippen LogP contribution is 2.24. The normalized spacial score (nSPS) is 10.2. The Morgan fingerprint density at radius 2 is 2.19 bits per heavy atom. The highest BCUT2D eigenvalue weighted by atomic mass is 35.5. The van der Waals surface area contributed by atoms with Gasteiger partial charge < -0.3 is 15.2 Å². The van der Waals surface area contributed by atoms with Gasteiger partial charge in [-0.25, -0.2) is 9.78 Å². The van der Waals surface area contributed by atoms with Crippen LogP contribution >= 0.6 is 11.6 Å². The molecule has 0 saturated heterocycles. The summed E-state index contributed by atoms with van der Waals surface area (Å²) >= 11 is 5.90. The minimum Gasteiger partial charge on any atom is -0.471 e. The van der Waals surface area contributed by atoms with Crippen molar-refractivity contribution in [3.63, 3.8) is 0 Å². The third-order valence-electron chi connectivity index (χ3n) is 2.71. The molecule has 0 atom stereocenters. The lowest BCUT2D eigenvalue weighted by molar-refractivity contribution is 0.0527. The molecule has 1 aromatic heterocycles. The fraction of sp³-hybridized carbons (Fsp3) is 0.200. The molecule has 2 rings (SSSR count). The molecule has 0 saturated carbocycles. The van der Waals surface area contributed by atoms with E-state index in [1.807, 2.05) is 12.1 Å². The Hall–Kier alpha value is -2.27. The highest BCUT2D eigenvalue weighted by molar-refractivity contribution is 6.30. The Labute approximate surface area is 127 Å². The predicted octanol–water partition coefficient (Wildman–Crippen LogP) is 3.07. The van der Waals surface area contributed by atoms with Crippen LogP contribution in [0.25, 0.3) is 0 Å². The van der Waals surface area contributed by atoms with Gasteiger partial charge in [0.05, 0.1) is 12.2 Å². The molecular formula is C15H15ClN2O3. The summed E-state index contributed by atoms with van der Waals surface area (Å²) in [5, 5.41) is 0.623. The summed E-state index contributed by atoms with van der Waals surface area (Å²) in [7, 11) is 0. The lowest BCUT2D eigenvalue weighted by Gasteiger charge is -2.10. The first-order valence-electron chi connectivity index (χ1n) is 6.40. The number of carbonyl (C=O) groups excluding carboxylic acids is 1. The van der Waals surface area contributed by atoms with Crippen LogP contribution < -0.4 is 10.5 Å². The van der Waals surface area contributed by atoms with Gasteiger partial charge in [0.1, 0.15) is 12.3 Å². The van der Waals surface area contributed by atoms with Crippen molar-refractivity contribution in [2.75, 3.05) is 12.3 Å². The van der Waals surface area contributed by atoms with E-state index < -0.39 is 5.97 Å². The van der Waals surface area contributed by atoms with Crippen molar-refractivity contribution in [2.24, 2.45) is 0 Å². The number of benzene rings is 1. The molecule has 0 spiro atoms. The van der Waals surface area contributed by atoms with Crippen molar-refractivity contribution in [1.82, 2.24) is 4.98 Å². The Kier molecular flexibility index (Phi) is 5.00. The zero-order valence-electron chi connectivity index (χ0n) is 11.5. The average molecular weight is 307 g/mol. The first-order valence-corrected chi connectivity index (χ1v) is 6.78. The number of nitrogens with two attached hydrogens (primary N) is 1. The highest BCUT2D eigenvalue weighted by Gasteiger charge is 2.15. The van der Waals surface area contributed by atoms with Gasteiger partial charge in [0.15, 0.2) is 0 Å². The third-order valence-corrected chi connectivity index (χ3v) is 2.95. The molecule has 110 valence electrons. The Balaban J connectivity index is 2.13. The summed E-state index contributed by atoms with van der Waals surface area (Å²) in [6, 6.07) is 8.76. The summed E-state index contributed by atoms with van der Waals surface area (Å²) in [6.45, 7) is 2.26. The standard InChI is InChI=1S/C15H15ClN2O3/c1-2-20-15(19)12-6-7-18-14(13(12)17)21-9-10-4-3-5-11(16)8-10/h3-8H,2,9,17H2,1H3. The number of hydrogen-bond donors (Lipinski definition) is 1. The van der Waals surface area contributed by atoms with Crippen LogP contribution in [0.1, 0.15) is 22.8 Å². The van der Waals surface area contributed by atoms with Crippen LogP contribution in [-0.4, -0.2) is 17.6 Å². The lowest BCUT2D eigenvalue weighted by Crippen LogP contribution is -2.10. The van der Waals surface area contributed by atoms with E-state index >= 15 is 0 Å². The summed E-state index contributed by atoms with van der Waals surface area (Å²) in [4.78, 5) is 15.8. The number of aromatic nitrogens is 1. The van der Waals surface area contributed by atoms with E-state index in [-0.39, 0.29) is 30.3 Å². The number of hydrogen-bond acceptors (Lipinski definition) is 5. The number of nitrogen functional groups attached to an aromatic ring is 1. The fourth-order valence-corrected chi connectivity index (χ4v) is 1.95. The number of ether oxygens (including phenoxy) is 2. The molecule has 6 heteroatoms. The SMILES string of the molecule is CCOC(=O)c1ccnc(OCc2cccc(Cl)c2)c1N. The van der Waals surface area contributed by atoms with Crippen LogP contribution in [0.2, 0.25) is 5.02 Å². The molecular weight excluding hydrogens is 292 g/mol. The van der Waals surface area contributed by atoms with Gasteiger partial charge in [0.25, 0.3) is 0 Å². The van der Waals surface area contributed by atoms with Gasteiger partial charge in [0, 0.05) is 11.2 Å². The van der Waals surface area contributed by atoms with Crippen molar-refractivity contribution in [1.29, 1.82) is 0 Å². The number of esters is 1. The van der Waals surface area contributed by atoms with Gasteiger partial charge in [0.2, 0.25) is 5.88 Å². The first kappa shape index (κ1) is 15.1. The number of halogens is 1. The third kappa shape index (κ3) is 3.86. The lowest BCUT2D eigenvalue weighted by atomic mass is 10.2. The van der Waals surface area contributed by atoms with Crippen molar-refractivity contribution < 1.29 is 14.3 Å². The van der Waals surface area contributed by atoms with E-state index in [9.17, 15) is 4.79 Å². The summed E-state index contributed by atoms with van der Waals surface area (Å²) in [6.07, 6.45) is 1.45. The Morgan fingerprint density at radius 3 is 2.90 bits per heavy atom. The van der Waals surface area contributed by atoms with E-state index in [1.54, 1.807) is 19.1 Å². The van der Waals surface area contributed by atoms with Crippen molar-refractivity contribution in [3.05, 3.63) is 52.7 Å². The van der Waals surface area contributed by atoms with Crippen LogP contribution in [-0.2, 0) is 11.3 Å². The van der Waals surface area contributed by atoms with E-state index in [4.69, 9.17) is 26.8 Å². The molecule has 5 nitrogen and oxygen atoms in total. The van der Waals surface area contributed by atoms with Crippen molar-refractivity contribution >= 4 is 23.3 Å². The van der Waals surface area contributed by atoms with Crippen molar-refractivity contribution in [2.45, 2.75) is 13.5 Å². The number of rotatable bonds is 5. The molecule has 0 bridgehead atoms. The molecule has 0 fully saturated rings. The zero-order valence-corrected chi connectivity index (χ0v) is 12.3. The van der Waals surface area contributed by atoms with Crippen LogP contribution in [0.5, 0.6) is 5.88 Å². The molecule has 21 heavy (non-hydrogen) atoms. The van der Waals surface area contributed by atoms with Gasteiger partial charge in [-0.15, -0.1) is 0 Å². The Morgan fingerprint density at radius 1 is 1.38 bits per heavy atom. The molecule has 1 heterocycles. The number of pyridine rings is 1. The van der Waals surface area contributed by atoms with E-state index in [0.29, 0.717) is 5.02 Å². The molecule has 2 N–H and O–H groups in total. The van der Waals surface area contributed by atoms with Crippen LogP contribution in [0, 0.1) is 0 Å².